The van der Waals surface area contributed by atoms with Crippen LogP contribution in [-0.4, -0.2) is 41.0 Å². The molecule has 0 fully saturated rings. The molecule has 8 nitrogen and oxygen atoms in total. The lowest BCUT2D eigenvalue weighted by Crippen LogP contribution is -2.29. The smallest absolute Gasteiger partial charge is 0.170 e. The summed E-state index contributed by atoms with van der Waals surface area (Å²) in [6, 6.07) is 1.92. The number of aryl methyl sites for hydroxylation is 2. The fourth-order valence-electron chi connectivity index (χ4n) is 2.70. The second-order valence-electron chi connectivity index (χ2n) is 6.00. The molecule has 26 heavy (non-hydrogen) atoms. The quantitative estimate of drug-likeness (QED) is 0.465. The van der Waals surface area contributed by atoms with Gasteiger partial charge in [0.2, 0.25) is 0 Å². The van der Waals surface area contributed by atoms with E-state index in [1.54, 1.807) is 12.4 Å². The molecule has 0 amide bonds. The molecule has 3 heterocycles. The molecule has 0 spiro atoms. The van der Waals surface area contributed by atoms with Crippen LogP contribution in [0.25, 0.3) is 0 Å². The average Bonchev–Trinajstić information content (AvgIpc) is 3.36. The molecule has 0 aromatic carbocycles. The van der Waals surface area contributed by atoms with Gasteiger partial charge < -0.3 is 10.6 Å². The van der Waals surface area contributed by atoms with Crippen LogP contribution in [0.4, 0.5) is 5.69 Å². The number of anilines is 1. The van der Waals surface area contributed by atoms with Gasteiger partial charge in [0.15, 0.2) is 5.11 Å². The Labute approximate surface area is 158 Å². The molecule has 0 saturated carbocycles. The van der Waals surface area contributed by atoms with Crippen LogP contribution in [0.3, 0.4) is 0 Å². The monoisotopic (exact) mass is 372 g/mol. The van der Waals surface area contributed by atoms with Crippen molar-refractivity contribution in [3.05, 3.63) is 48.3 Å². The van der Waals surface area contributed by atoms with Gasteiger partial charge >= 0.3 is 0 Å². The molecule has 0 aliphatic carbocycles. The minimum atomic E-state index is 0.597. The number of aromatic nitrogens is 6. The summed E-state index contributed by atoms with van der Waals surface area (Å²) in [4.78, 5) is 0. The van der Waals surface area contributed by atoms with E-state index < -0.39 is 0 Å². The van der Waals surface area contributed by atoms with E-state index >= 15 is 0 Å². The summed E-state index contributed by atoms with van der Waals surface area (Å²) in [7, 11) is 0. The summed E-state index contributed by atoms with van der Waals surface area (Å²) >= 11 is 5.33. The van der Waals surface area contributed by atoms with Crippen LogP contribution in [0.2, 0.25) is 0 Å². The van der Waals surface area contributed by atoms with E-state index in [1.165, 1.54) is 11.3 Å². The number of nitrogens with zero attached hydrogens (tertiary/aromatic N) is 6. The van der Waals surface area contributed by atoms with Gasteiger partial charge in [-0.05, 0) is 38.6 Å². The molecule has 3 aromatic rings. The highest BCUT2D eigenvalue weighted by Crippen LogP contribution is 2.11. The van der Waals surface area contributed by atoms with Gasteiger partial charge in [-0.25, -0.2) is 0 Å². The third-order valence-corrected chi connectivity index (χ3v) is 4.38. The summed E-state index contributed by atoms with van der Waals surface area (Å²) in [6.45, 7) is 7.38. The zero-order valence-electron chi connectivity index (χ0n) is 15.1. The van der Waals surface area contributed by atoms with Crippen molar-refractivity contribution in [2.75, 3.05) is 11.9 Å². The maximum absolute atomic E-state index is 5.33. The predicted octanol–water partition coefficient (Wildman–Crippen LogP) is 2.03. The second kappa shape index (κ2) is 8.61. The van der Waals surface area contributed by atoms with Crippen LogP contribution in [0.1, 0.15) is 24.6 Å². The summed E-state index contributed by atoms with van der Waals surface area (Å²) in [6.07, 6.45) is 10.3. The Bertz CT molecular complexity index is 833. The number of hydrogen-bond acceptors (Lipinski definition) is 4. The molecule has 2 N–H and O–H groups in total. The first-order chi connectivity index (χ1) is 12.7. The molecule has 3 rings (SSSR count). The number of nitrogens with one attached hydrogen (secondary N) is 2. The van der Waals surface area contributed by atoms with Gasteiger partial charge in [0.25, 0.3) is 0 Å². The van der Waals surface area contributed by atoms with E-state index in [0.717, 1.165) is 31.7 Å². The number of thiocarbonyl (C=S) groups is 1. The SMILES string of the molecule is CCn1ncc(Cn2cc(NC(=S)NCCCn3cccn3)cn2)c1C. The van der Waals surface area contributed by atoms with Gasteiger partial charge in [-0.3, -0.25) is 14.0 Å². The molecular weight excluding hydrogens is 348 g/mol. The van der Waals surface area contributed by atoms with E-state index in [0.29, 0.717) is 11.7 Å². The van der Waals surface area contributed by atoms with Crippen molar-refractivity contribution >= 4 is 23.0 Å². The lowest BCUT2D eigenvalue weighted by molar-refractivity contribution is 0.574. The van der Waals surface area contributed by atoms with Crippen molar-refractivity contribution in [1.82, 2.24) is 34.7 Å². The largest absolute Gasteiger partial charge is 0.362 e. The average molecular weight is 373 g/mol. The summed E-state index contributed by atoms with van der Waals surface area (Å²) in [5.74, 6) is 0. The van der Waals surface area contributed by atoms with Gasteiger partial charge in [0.05, 0.1) is 24.6 Å². The van der Waals surface area contributed by atoms with Crippen molar-refractivity contribution in [1.29, 1.82) is 0 Å². The van der Waals surface area contributed by atoms with E-state index in [1.807, 2.05) is 38.7 Å². The summed E-state index contributed by atoms with van der Waals surface area (Å²) in [5.41, 5.74) is 3.21. The van der Waals surface area contributed by atoms with Crippen LogP contribution < -0.4 is 10.6 Å². The van der Waals surface area contributed by atoms with Crippen LogP contribution in [-0.2, 0) is 19.6 Å². The minimum Gasteiger partial charge on any atom is -0.362 e. The Morgan fingerprint density at radius 2 is 2.08 bits per heavy atom. The lowest BCUT2D eigenvalue weighted by atomic mass is 10.2. The highest BCUT2D eigenvalue weighted by Gasteiger charge is 2.07. The fourth-order valence-corrected chi connectivity index (χ4v) is 2.92. The van der Waals surface area contributed by atoms with Crippen LogP contribution in [0, 0.1) is 6.92 Å². The highest BCUT2D eigenvalue weighted by atomic mass is 32.1. The van der Waals surface area contributed by atoms with Crippen molar-refractivity contribution in [3.8, 4) is 0 Å². The normalized spacial score (nSPS) is 10.8. The van der Waals surface area contributed by atoms with E-state index in [2.05, 4.69) is 39.8 Å². The number of hydrogen-bond donors (Lipinski definition) is 2. The zero-order chi connectivity index (χ0) is 18.4. The third kappa shape index (κ3) is 4.69. The first kappa shape index (κ1) is 18.1. The van der Waals surface area contributed by atoms with Gasteiger partial charge in [0.1, 0.15) is 0 Å². The topological polar surface area (TPSA) is 77.5 Å². The van der Waals surface area contributed by atoms with Crippen LogP contribution in [0.15, 0.2) is 37.1 Å². The molecule has 0 aliphatic rings. The Kier molecular flexibility index (Phi) is 6.00. The van der Waals surface area contributed by atoms with Crippen molar-refractivity contribution in [2.24, 2.45) is 0 Å². The summed E-state index contributed by atoms with van der Waals surface area (Å²) in [5, 5.41) is 19.9. The predicted molar refractivity (Wildman–Crippen MR) is 105 cm³/mol. The maximum atomic E-state index is 5.33. The lowest BCUT2D eigenvalue weighted by Gasteiger charge is -2.08. The molecule has 0 radical (unpaired) electrons. The standard InChI is InChI=1S/C17H24N8S/c1-3-25-14(2)15(10-21-25)12-24-13-16(11-20-24)22-17(26)18-6-4-8-23-9-5-7-19-23/h5,7,9-11,13H,3-4,6,8,12H2,1-2H3,(H2,18,22,26). The second-order valence-corrected chi connectivity index (χ2v) is 6.41. The molecule has 0 saturated heterocycles. The first-order valence-electron chi connectivity index (χ1n) is 8.71. The van der Waals surface area contributed by atoms with Gasteiger partial charge in [0, 0.05) is 49.5 Å². The molecule has 138 valence electrons. The van der Waals surface area contributed by atoms with Crippen molar-refractivity contribution in [3.63, 3.8) is 0 Å². The van der Waals surface area contributed by atoms with Crippen LogP contribution >= 0.6 is 12.2 Å². The molecule has 9 heteroatoms. The van der Waals surface area contributed by atoms with E-state index in [-0.39, 0.29) is 0 Å². The van der Waals surface area contributed by atoms with Gasteiger partial charge in [-0.2, -0.15) is 15.3 Å². The maximum Gasteiger partial charge on any atom is 0.170 e. The molecule has 3 aromatic heterocycles. The van der Waals surface area contributed by atoms with E-state index in [4.69, 9.17) is 12.2 Å². The van der Waals surface area contributed by atoms with Crippen molar-refractivity contribution in [2.45, 2.75) is 39.9 Å². The fraction of sp³-hybridized carbons (Fsp3) is 0.412. The molecule has 0 bridgehead atoms. The van der Waals surface area contributed by atoms with Gasteiger partial charge in [-0.1, -0.05) is 0 Å². The Morgan fingerprint density at radius 1 is 1.19 bits per heavy atom. The molecule has 0 aliphatic heterocycles. The molecule has 0 atom stereocenters. The Hall–Kier alpha value is -2.68. The van der Waals surface area contributed by atoms with E-state index in [9.17, 15) is 0 Å². The van der Waals surface area contributed by atoms with Crippen molar-refractivity contribution < 1.29 is 0 Å². The zero-order valence-corrected chi connectivity index (χ0v) is 15.9. The third-order valence-electron chi connectivity index (χ3n) is 4.14. The van der Waals surface area contributed by atoms with Crippen LogP contribution in [0.5, 0.6) is 0 Å². The molecular formula is C17H24N8S. The Balaban J connectivity index is 1.43. The summed E-state index contributed by atoms with van der Waals surface area (Å²) < 4.78 is 5.78. The first-order valence-corrected chi connectivity index (χ1v) is 9.12. The number of rotatable bonds is 8. The Morgan fingerprint density at radius 3 is 2.81 bits per heavy atom. The minimum absolute atomic E-state index is 0.597. The highest BCUT2D eigenvalue weighted by molar-refractivity contribution is 7.80. The molecule has 0 unspecified atom stereocenters. The van der Waals surface area contributed by atoms with Gasteiger partial charge in [-0.15, -0.1) is 0 Å².